The number of aliphatic hydroxyl groups is 1. The third kappa shape index (κ3) is 9.65. The van der Waals surface area contributed by atoms with Crippen LogP contribution < -0.4 is 29.1 Å². The standard InChI is InChI=1S/C32H43N3O7S.ClH/c1-4-42-29-18-25(17-26(19-29)35-12-8-9-13-43(35,38)39)32(37)34-30(16-23-10-6-5-7-11-23)31(36)22-33-21-24-14-27(40-2)20-28(15-24)41-3;/h5-7,10-11,14-15,17-20,30-31,33,36,38-39H,4,8-9,12-13,16,21-22H2,1-3H3,(H,34,37);1H/t30-,31+;/m0./s1. The maximum absolute atomic E-state index is 13.7. The molecule has 0 bridgehead atoms. The topological polar surface area (TPSA) is 133 Å². The van der Waals surface area contributed by atoms with E-state index in [-0.39, 0.29) is 24.7 Å². The van der Waals surface area contributed by atoms with E-state index in [1.54, 1.807) is 42.8 Å². The van der Waals surface area contributed by atoms with Crippen molar-refractivity contribution in [2.45, 2.75) is 44.9 Å². The Balaban J connectivity index is 0.00000529. The van der Waals surface area contributed by atoms with Gasteiger partial charge in [-0.25, -0.2) is 0 Å². The summed E-state index contributed by atoms with van der Waals surface area (Å²) in [6, 6.07) is 19.7. The van der Waals surface area contributed by atoms with E-state index in [0.717, 1.165) is 24.0 Å². The van der Waals surface area contributed by atoms with Gasteiger partial charge >= 0.3 is 0 Å². The van der Waals surface area contributed by atoms with Gasteiger partial charge in [0.2, 0.25) is 0 Å². The molecule has 3 aromatic rings. The molecule has 1 amide bonds. The number of nitrogens with one attached hydrogen (secondary N) is 2. The normalized spacial score (nSPS) is 16.2. The minimum atomic E-state index is -2.99. The second kappa shape index (κ2) is 16.8. The Morgan fingerprint density at radius 2 is 1.66 bits per heavy atom. The van der Waals surface area contributed by atoms with Gasteiger partial charge in [0.05, 0.1) is 44.4 Å². The van der Waals surface area contributed by atoms with E-state index in [2.05, 4.69) is 10.6 Å². The Hall–Kier alpha value is -3.19. The molecule has 1 heterocycles. The highest BCUT2D eigenvalue weighted by Gasteiger charge is 2.29. The summed E-state index contributed by atoms with van der Waals surface area (Å²) in [4.78, 5) is 13.7. The Kier molecular flexibility index (Phi) is 13.4. The molecule has 44 heavy (non-hydrogen) atoms. The van der Waals surface area contributed by atoms with Crippen LogP contribution >= 0.6 is 23.2 Å². The number of anilines is 1. The van der Waals surface area contributed by atoms with Crippen LogP contribution in [-0.4, -0.2) is 71.9 Å². The van der Waals surface area contributed by atoms with Crippen molar-refractivity contribution in [3.8, 4) is 17.2 Å². The third-order valence-corrected chi connectivity index (χ3v) is 9.24. The van der Waals surface area contributed by atoms with Crippen LogP contribution in [0.5, 0.6) is 17.2 Å². The molecule has 1 saturated heterocycles. The number of methoxy groups -OCH3 is 2. The maximum Gasteiger partial charge on any atom is 0.251 e. The molecule has 3 aromatic carbocycles. The molecule has 0 radical (unpaired) electrons. The summed E-state index contributed by atoms with van der Waals surface area (Å²) in [7, 11) is 0.201. The molecule has 242 valence electrons. The first-order valence-corrected chi connectivity index (χ1v) is 16.2. The van der Waals surface area contributed by atoms with Crippen molar-refractivity contribution >= 4 is 34.8 Å². The zero-order chi connectivity index (χ0) is 30.8. The van der Waals surface area contributed by atoms with Gasteiger partial charge in [-0.15, -0.1) is 23.2 Å². The number of hydrogen-bond acceptors (Lipinski definition) is 9. The second-order valence-electron chi connectivity index (χ2n) is 10.5. The molecule has 1 aliphatic rings. The number of hydrogen-bond donors (Lipinski definition) is 5. The van der Waals surface area contributed by atoms with Crippen molar-refractivity contribution in [1.29, 1.82) is 0 Å². The third-order valence-electron chi connectivity index (χ3n) is 7.31. The van der Waals surface area contributed by atoms with Crippen molar-refractivity contribution in [3.05, 3.63) is 83.4 Å². The summed E-state index contributed by atoms with van der Waals surface area (Å²) >= 11 is 0. The number of aliphatic hydroxyl groups excluding tert-OH is 1. The van der Waals surface area contributed by atoms with Gasteiger partial charge in [0.1, 0.15) is 17.2 Å². The fourth-order valence-electron chi connectivity index (χ4n) is 5.09. The molecule has 5 N–H and O–H groups in total. The molecule has 4 rings (SSSR count). The fourth-order valence-corrected chi connectivity index (χ4v) is 6.77. The van der Waals surface area contributed by atoms with Gasteiger partial charge in [-0.2, -0.15) is 0 Å². The first-order valence-electron chi connectivity index (χ1n) is 14.5. The SMILES string of the molecule is CCOc1cc(C(=O)N[C@@H](Cc2ccccc2)[C@H](O)CNCc2cc(OC)cc(OC)c2)cc(N2CCCCS2(O)O)c1.Cl. The number of amides is 1. The number of benzene rings is 3. The van der Waals surface area contributed by atoms with Crippen LogP contribution in [0.1, 0.15) is 41.3 Å². The van der Waals surface area contributed by atoms with Gasteiger partial charge in [-0.1, -0.05) is 30.3 Å². The summed E-state index contributed by atoms with van der Waals surface area (Å²) in [6.45, 7) is 3.39. The molecule has 2 atom stereocenters. The highest BCUT2D eigenvalue weighted by molar-refractivity contribution is 8.25. The van der Waals surface area contributed by atoms with Gasteiger partial charge in [0.15, 0.2) is 0 Å². The first-order chi connectivity index (χ1) is 20.7. The van der Waals surface area contributed by atoms with E-state index in [1.165, 1.54) is 0 Å². The molecule has 1 fully saturated rings. The zero-order valence-electron chi connectivity index (χ0n) is 25.4. The van der Waals surface area contributed by atoms with Crippen LogP contribution in [0.4, 0.5) is 5.69 Å². The summed E-state index contributed by atoms with van der Waals surface area (Å²) in [6.07, 6.45) is 1.04. The van der Waals surface area contributed by atoms with E-state index < -0.39 is 28.8 Å². The number of ether oxygens (including phenoxy) is 3. The molecule has 12 heteroatoms. The molecular weight excluding hydrogens is 606 g/mol. The number of rotatable bonds is 14. The average Bonchev–Trinajstić information content (AvgIpc) is 3.00. The van der Waals surface area contributed by atoms with Gasteiger partial charge in [0, 0.05) is 37.3 Å². The Labute approximate surface area is 267 Å². The van der Waals surface area contributed by atoms with Crippen molar-refractivity contribution in [2.24, 2.45) is 0 Å². The Morgan fingerprint density at radius 3 is 2.30 bits per heavy atom. The summed E-state index contributed by atoms with van der Waals surface area (Å²) in [5.74, 6) is 1.69. The monoisotopic (exact) mass is 649 g/mol. The molecule has 0 aromatic heterocycles. The minimum absolute atomic E-state index is 0. The van der Waals surface area contributed by atoms with Crippen LogP contribution in [0.2, 0.25) is 0 Å². The van der Waals surface area contributed by atoms with Crippen LogP contribution in [0.3, 0.4) is 0 Å². The Morgan fingerprint density at radius 1 is 0.955 bits per heavy atom. The van der Waals surface area contributed by atoms with E-state index in [4.69, 9.17) is 14.2 Å². The summed E-state index contributed by atoms with van der Waals surface area (Å²) < 4.78 is 39.4. The lowest BCUT2D eigenvalue weighted by atomic mass is 10.00. The molecule has 0 unspecified atom stereocenters. The van der Waals surface area contributed by atoms with Gasteiger partial charge in [0.25, 0.3) is 5.91 Å². The van der Waals surface area contributed by atoms with Crippen LogP contribution in [0.15, 0.2) is 66.7 Å². The molecule has 0 aliphatic carbocycles. The molecule has 10 nitrogen and oxygen atoms in total. The minimum Gasteiger partial charge on any atom is -0.497 e. The maximum atomic E-state index is 13.7. The zero-order valence-corrected chi connectivity index (χ0v) is 27.0. The van der Waals surface area contributed by atoms with Crippen LogP contribution in [0.25, 0.3) is 0 Å². The fraction of sp³-hybridized carbons (Fsp3) is 0.406. The highest BCUT2D eigenvalue weighted by atomic mass is 35.5. The van der Waals surface area contributed by atoms with Crippen molar-refractivity contribution in [2.75, 3.05) is 44.0 Å². The molecule has 1 aliphatic heterocycles. The molecular formula is C32H44ClN3O7S. The smallest absolute Gasteiger partial charge is 0.251 e. The number of carbonyl (C=O) groups is 1. The van der Waals surface area contributed by atoms with Gasteiger partial charge in [-0.3, -0.25) is 18.2 Å². The van der Waals surface area contributed by atoms with Gasteiger partial charge < -0.3 is 30.0 Å². The van der Waals surface area contributed by atoms with E-state index in [0.29, 0.717) is 54.6 Å². The predicted molar refractivity (Wildman–Crippen MR) is 178 cm³/mol. The molecule has 0 saturated carbocycles. The lowest BCUT2D eigenvalue weighted by Gasteiger charge is -2.47. The Bertz CT molecular complexity index is 1330. The summed E-state index contributed by atoms with van der Waals surface area (Å²) in [5, 5.41) is 17.6. The average molecular weight is 650 g/mol. The molecule has 0 spiro atoms. The lowest BCUT2D eigenvalue weighted by Crippen LogP contribution is -2.48. The van der Waals surface area contributed by atoms with Crippen molar-refractivity contribution in [1.82, 2.24) is 10.6 Å². The number of halogens is 1. The predicted octanol–water partition coefficient (Wildman–Crippen LogP) is 5.28. The van der Waals surface area contributed by atoms with E-state index >= 15 is 0 Å². The number of carbonyl (C=O) groups excluding carboxylic acids is 1. The highest BCUT2D eigenvalue weighted by Crippen LogP contribution is 2.50. The van der Waals surface area contributed by atoms with Crippen molar-refractivity contribution < 1.29 is 33.2 Å². The largest absolute Gasteiger partial charge is 0.497 e. The van der Waals surface area contributed by atoms with Crippen LogP contribution in [0, 0.1) is 0 Å². The van der Waals surface area contributed by atoms with Crippen molar-refractivity contribution in [3.63, 3.8) is 0 Å². The van der Waals surface area contributed by atoms with Gasteiger partial charge in [-0.05, 0) is 61.6 Å². The lowest BCUT2D eigenvalue weighted by molar-refractivity contribution is 0.0829. The summed E-state index contributed by atoms with van der Waals surface area (Å²) in [5.41, 5.74) is 2.72. The second-order valence-corrected chi connectivity index (χ2v) is 12.6. The van der Waals surface area contributed by atoms with Crippen LogP contribution in [-0.2, 0) is 13.0 Å². The van der Waals surface area contributed by atoms with E-state index in [9.17, 15) is 19.0 Å². The van der Waals surface area contributed by atoms with E-state index in [1.807, 2.05) is 49.4 Å². The first kappa shape index (κ1) is 35.3. The number of nitrogens with zero attached hydrogens (tertiary/aromatic N) is 1. The quantitative estimate of drug-likeness (QED) is 0.158.